The first-order valence-electron chi connectivity index (χ1n) is 15.3. The number of piperidine rings is 1. The fourth-order valence-corrected chi connectivity index (χ4v) is 7.42. The molecule has 3 heterocycles. The van der Waals surface area contributed by atoms with Gasteiger partial charge in [0.25, 0.3) is 11.1 Å². The average Bonchev–Trinajstić information content (AvgIpc) is 3.57. The van der Waals surface area contributed by atoms with Crippen LogP contribution < -0.4 is 10.6 Å². The van der Waals surface area contributed by atoms with Crippen LogP contribution in [0.1, 0.15) is 33.6 Å². The van der Waals surface area contributed by atoms with Crippen LogP contribution in [-0.2, 0) is 4.79 Å². The summed E-state index contributed by atoms with van der Waals surface area (Å²) in [4.78, 5) is 38.7. The molecule has 2 amide bonds. The SMILES string of the molecule is C=C(/N=C\C(=C/C)C(=O)Nc1cc(-c2cccs2)ccc1NC)N(C)C1(C(C)C)CCN(C(=O)SN2CCN(C)CC2)CC1. The summed E-state index contributed by atoms with van der Waals surface area (Å²) in [5.74, 6) is 0.671. The Kier molecular flexibility index (Phi) is 11.7. The lowest BCUT2D eigenvalue weighted by molar-refractivity contribution is -0.112. The van der Waals surface area contributed by atoms with Crippen LogP contribution in [0.25, 0.3) is 10.4 Å². The minimum atomic E-state index is -0.241. The molecule has 4 rings (SSSR count). The summed E-state index contributed by atoms with van der Waals surface area (Å²) < 4.78 is 2.18. The molecule has 2 aliphatic heterocycles. The molecule has 1 aromatic heterocycles. The van der Waals surface area contributed by atoms with Crippen molar-refractivity contribution in [2.75, 3.05) is 71.0 Å². The summed E-state index contributed by atoms with van der Waals surface area (Å²) in [5, 5.41) is 8.40. The van der Waals surface area contributed by atoms with E-state index in [1.165, 1.54) is 11.9 Å². The summed E-state index contributed by atoms with van der Waals surface area (Å²) in [6, 6.07) is 10.1. The van der Waals surface area contributed by atoms with Crippen molar-refractivity contribution in [2.24, 2.45) is 10.9 Å². The van der Waals surface area contributed by atoms with Crippen LogP contribution in [0.3, 0.4) is 0 Å². The van der Waals surface area contributed by atoms with Crippen molar-refractivity contribution in [2.45, 2.75) is 39.2 Å². The maximum atomic E-state index is 13.3. The van der Waals surface area contributed by atoms with Crippen LogP contribution in [0.15, 0.2) is 64.8 Å². The maximum Gasteiger partial charge on any atom is 0.296 e. The molecule has 0 unspecified atom stereocenters. The molecule has 0 bridgehead atoms. The predicted octanol–water partition coefficient (Wildman–Crippen LogP) is 6.32. The Hall–Kier alpha value is -3.12. The first-order valence-corrected chi connectivity index (χ1v) is 16.9. The highest BCUT2D eigenvalue weighted by Gasteiger charge is 2.42. The predicted molar refractivity (Wildman–Crippen MR) is 188 cm³/mol. The van der Waals surface area contributed by atoms with Crippen molar-refractivity contribution in [3.05, 3.63) is 59.8 Å². The molecule has 44 heavy (non-hydrogen) atoms. The number of thiophene rings is 1. The fourth-order valence-electron chi connectivity index (χ4n) is 5.83. The van der Waals surface area contributed by atoms with Gasteiger partial charge in [0.1, 0.15) is 5.82 Å². The van der Waals surface area contributed by atoms with Gasteiger partial charge in [0.2, 0.25) is 0 Å². The number of anilines is 2. The number of piperazine rings is 1. The summed E-state index contributed by atoms with van der Waals surface area (Å²) in [6.07, 6.45) is 5.01. The first kappa shape index (κ1) is 33.8. The smallest absolute Gasteiger partial charge is 0.296 e. The van der Waals surface area contributed by atoms with Crippen LogP contribution in [0.2, 0.25) is 0 Å². The molecule has 1 aromatic carbocycles. The number of nitrogens with zero attached hydrogens (tertiary/aromatic N) is 5. The van der Waals surface area contributed by atoms with Gasteiger partial charge in [-0.3, -0.25) is 9.59 Å². The lowest BCUT2D eigenvalue weighted by Gasteiger charge is -2.51. The second-order valence-corrected chi connectivity index (χ2v) is 13.7. The molecule has 2 N–H and O–H groups in total. The third-order valence-corrected chi connectivity index (χ3v) is 10.9. The van der Waals surface area contributed by atoms with E-state index in [0.29, 0.717) is 36.1 Å². The van der Waals surface area contributed by atoms with Crippen LogP contribution in [0.5, 0.6) is 0 Å². The van der Waals surface area contributed by atoms with Crippen molar-refractivity contribution in [3.8, 4) is 10.4 Å². The molecule has 0 atom stereocenters. The molecule has 238 valence electrons. The molecular formula is C33H47N7O2S2. The minimum absolute atomic E-state index is 0.137. The molecule has 2 fully saturated rings. The maximum absolute atomic E-state index is 13.3. The van der Waals surface area contributed by atoms with Gasteiger partial charge in [-0.15, -0.1) is 11.3 Å². The topological polar surface area (TPSA) is 83.5 Å². The molecule has 0 radical (unpaired) electrons. The lowest BCUT2D eigenvalue weighted by Crippen LogP contribution is -2.57. The number of carbonyl (C=O) groups is 2. The van der Waals surface area contributed by atoms with Gasteiger partial charge in [-0.05, 0) is 61.9 Å². The molecule has 0 aliphatic carbocycles. The van der Waals surface area contributed by atoms with E-state index < -0.39 is 0 Å². The molecule has 0 saturated carbocycles. The monoisotopic (exact) mass is 637 g/mol. The second kappa shape index (κ2) is 15.2. The molecule has 2 saturated heterocycles. The van der Waals surface area contributed by atoms with E-state index in [0.717, 1.165) is 55.1 Å². The molecule has 2 aliphatic rings. The van der Waals surface area contributed by atoms with Gasteiger partial charge >= 0.3 is 0 Å². The second-order valence-electron chi connectivity index (χ2n) is 11.8. The van der Waals surface area contributed by atoms with E-state index in [1.807, 2.05) is 55.6 Å². The number of carbonyl (C=O) groups excluding carboxylic acids is 2. The van der Waals surface area contributed by atoms with E-state index in [-0.39, 0.29) is 16.7 Å². The molecule has 0 spiro atoms. The average molecular weight is 638 g/mol. The van der Waals surface area contributed by atoms with Gasteiger partial charge < -0.3 is 25.3 Å². The van der Waals surface area contributed by atoms with Crippen molar-refractivity contribution >= 4 is 52.0 Å². The normalized spacial score (nSPS) is 18.1. The van der Waals surface area contributed by atoms with Crippen LogP contribution in [-0.4, -0.2) is 102 Å². The number of benzene rings is 1. The standard InChI is InChI=1S/C33H47N7O2S2/c1-8-26(31(41)36-29-22-27(11-12-28(29)34-5)30-10-9-21-43-30)23-35-25(4)38(7)33(24(2)3)13-15-39(16-14-33)32(42)44-40-19-17-37(6)18-20-40/h8-12,21-24,34H,4,13-20H2,1-3,5-7H3,(H,36,41)/b26-8+,35-23-. The van der Waals surface area contributed by atoms with E-state index in [1.54, 1.807) is 23.6 Å². The summed E-state index contributed by atoms with van der Waals surface area (Å²) in [6.45, 7) is 15.7. The third kappa shape index (κ3) is 7.93. The van der Waals surface area contributed by atoms with E-state index in [4.69, 9.17) is 0 Å². The Bertz CT molecular complexity index is 1360. The largest absolute Gasteiger partial charge is 0.386 e. The lowest BCUT2D eigenvalue weighted by atomic mass is 9.77. The quantitative estimate of drug-likeness (QED) is 0.179. The molecule has 9 nitrogen and oxygen atoms in total. The number of amides is 2. The Morgan fingerprint density at radius 3 is 2.41 bits per heavy atom. The van der Waals surface area contributed by atoms with E-state index in [2.05, 4.69) is 63.3 Å². The van der Waals surface area contributed by atoms with Crippen molar-refractivity contribution in [3.63, 3.8) is 0 Å². The molecular weight excluding hydrogens is 591 g/mol. The highest BCUT2D eigenvalue weighted by atomic mass is 32.2. The number of likely N-dealkylation sites (tertiary alicyclic amines) is 1. The molecule has 2 aromatic rings. The number of nitrogens with one attached hydrogen (secondary N) is 2. The zero-order chi connectivity index (χ0) is 31.9. The number of rotatable bonds is 10. The van der Waals surface area contributed by atoms with Crippen LogP contribution >= 0.6 is 23.3 Å². The highest BCUT2D eigenvalue weighted by Crippen LogP contribution is 2.38. The number of allylic oxidation sites excluding steroid dienone is 1. The van der Waals surface area contributed by atoms with Gasteiger partial charge in [0.05, 0.1) is 16.9 Å². The molecule has 11 heteroatoms. The summed E-state index contributed by atoms with van der Waals surface area (Å²) in [5.41, 5.74) is 2.85. The summed E-state index contributed by atoms with van der Waals surface area (Å²) >= 11 is 3.02. The summed E-state index contributed by atoms with van der Waals surface area (Å²) in [7, 11) is 5.99. The number of likely N-dealkylation sites (N-methyl/N-ethyl adjacent to an activating group) is 1. The number of aliphatic imine (C=N–C) groups is 1. The highest BCUT2D eigenvalue weighted by molar-refractivity contribution is 8.11. The Morgan fingerprint density at radius 2 is 1.82 bits per heavy atom. The Morgan fingerprint density at radius 1 is 1.11 bits per heavy atom. The van der Waals surface area contributed by atoms with Gasteiger partial charge in [0.15, 0.2) is 0 Å². The van der Waals surface area contributed by atoms with Gasteiger partial charge in [-0.2, -0.15) is 0 Å². The van der Waals surface area contributed by atoms with Crippen molar-refractivity contribution in [1.29, 1.82) is 0 Å². The van der Waals surface area contributed by atoms with Crippen molar-refractivity contribution in [1.82, 2.24) is 19.0 Å². The number of hydrogen-bond acceptors (Lipinski definition) is 9. The van der Waals surface area contributed by atoms with Gasteiger partial charge in [-0.1, -0.05) is 38.6 Å². The first-order chi connectivity index (χ1) is 21.1. The fraction of sp³-hybridized carbons (Fsp3) is 0.485. The third-order valence-electron chi connectivity index (χ3n) is 8.96. The van der Waals surface area contributed by atoms with Crippen molar-refractivity contribution < 1.29 is 9.59 Å². The zero-order valence-electron chi connectivity index (χ0n) is 26.9. The zero-order valence-corrected chi connectivity index (χ0v) is 28.6. The van der Waals surface area contributed by atoms with Gasteiger partial charge in [-0.25, -0.2) is 9.30 Å². The van der Waals surface area contributed by atoms with Crippen LogP contribution in [0.4, 0.5) is 16.2 Å². The number of hydrogen-bond donors (Lipinski definition) is 2. The van der Waals surface area contributed by atoms with Crippen LogP contribution in [0, 0.1) is 5.92 Å². The Balaban J connectivity index is 1.38. The van der Waals surface area contributed by atoms with Gasteiger partial charge in [0, 0.05) is 81.9 Å². The minimum Gasteiger partial charge on any atom is -0.386 e. The van der Waals surface area contributed by atoms with E-state index in [9.17, 15) is 9.59 Å². The Labute approximate surface area is 271 Å². The van der Waals surface area contributed by atoms with E-state index >= 15 is 0 Å².